The first-order valence-electron chi connectivity index (χ1n) is 6.60. The van der Waals surface area contributed by atoms with Gasteiger partial charge in [-0.3, -0.25) is 9.69 Å². The third-order valence-corrected chi connectivity index (χ3v) is 3.32. The van der Waals surface area contributed by atoms with Gasteiger partial charge in [0.05, 0.1) is 0 Å². The van der Waals surface area contributed by atoms with Gasteiger partial charge >= 0.3 is 0 Å². The molecule has 0 saturated carbocycles. The molecule has 0 radical (unpaired) electrons. The van der Waals surface area contributed by atoms with Crippen molar-refractivity contribution >= 4 is 5.91 Å². The van der Waals surface area contributed by atoms with E-state index in [-0.39, 0.29) is 11.9 Å². The number of carbonyl (C=O) groups is 1. The van der Waals surface area contributed by atoms with E-state index in [1.807, 2.05) is 31.2 Å². The molecule has 1 atom stereocenters. The molecular formula is C14H21N3O2. The van der Waals surface area contributed by atoms with E-state index in [0.717, 1.165) is 18.8 Å². The number of ether oxygens (including phenoxy) is 1. The Morgan fingerprint density at radius 3 is 3.16 bits per heavy atom. The zero-order chi connectivity index (χ0) is 13.7. The summed E-state index contributed by atoms with van der Waals surface area (Å²) in [6, 6.07) is 7.73. The molecule has 0 aromatic heterocycles. The summed E-state index contributed by atoms with van der Waals surface area (Å²) >= 11 is 0. The van der Waals surface area contributed by atoms with Crippen molar-refractivity contribution in [1.82, 2.24) is 10.2 Å². The summed E-state index contributed by atoms with van der Waals surface area (Å²) < 4.78 is 5.70. The Morgan fingerprint density at radius 1 is 1.58 bits per heavy atom. The molecule has 1 unspecified atom stereocenters. The Kier molecular flexibility index (Phi) is 4.76. The standard InChI is InChI=1S/C14H21N3O2/c1-11-3-2-4-12(9-11)19-8-7-17-6-5-16-10-13(17)14(15)18/h2-4,9,13,16H,5-8,10H2,1H3,(H2,15,18). The van der Waals surface area contributed by atoms with Crippen LogP contribution in [0, 0.1) is 6.92 Å². The van der Waals surface area contributed by atoms with Gasteiger partial charge in [-0.2, -0.15) is 0 Å². The lowest BCUT2D eigenvalue weighted by Gasteiger charge is -2.33. The number of hydrogen-bond acceptors (Lipinski definition) is 4. The number of amides is 1. The molecule has 5 nitrogen and oxygen atoms in total. The molecular weight excluding hydrogens is 242 g/mol. The second kappa shape index (κ2) is 6.54. The number of aryl methyl sites for hydroxylation is 1. The van der Waals surface area contributed by atoms with Gasteiger partial charge in [-0.25, -0.2) is 0 Å². The Balaban J connectivity index is 1.82. The number of primary amides is 1. The second-order valence-corrected chi connectivity index (χ2v) is 4.82. The molecule has 104 valence electrons. The van der Waals surface area contributed by atoms with Gasteiger partial charge in [-0.1, -0.05) is 12.1 Å². The monoisotopic (exact) mass is 263 g/mol. The molecule has 1 amide bonds. The molecule has 1 aromatic rings. The van der Waals surface area contributed by atoms with Gasteiger partial charge in [0.25, 0.3) is 0 Å². The van der Waals surface area contributed by atoms with Crippen LogP contribution in [0.25, 0.3) is 0 Å². The van der Waals surface area contributed by atoms with Crippen LogP contribution in [-0.2, 0) is 4.79 Å². The van der Waals surface area contributed by atoms with Crippen LogP contribution in [0.3, 0.4) is 0 Å². The fraction of sp³-hybridized carbons (Fsp3) is 0.500. The van der Waals surface area contributed by atoms with E-state index < -0.39 is 0 Å². The van der Waals surface area contributed by atoms with Crippen LogP contribution in [0.15, 0.2) is 24.3 Å². The van der Waals surface area contributed by atoms with E-state index in [4.69, 9.17) is 10.5 Å². The van der Waals surface area contributed by atoms with Crippen molar-refractivity contribution in [3.8, 4) is 5.75 Å². The topological polar surface area (TPSA) is 67.6 Å². The molecule has 2 rings (SSSR count). The first kappa shape index (κ1) is 13.8. The Hall–Kier alpha value is -1.59. The van der Waals surface area contributed by atoms with Crippen LogP contribution < -0.4 is 15.8 Å². The van der Waals surface area contributed by atoms with Crippen LogP contribution in [0.2, 0.25) is 0 Å². The van der Waals surface area contributed by atoms with Gasteiger partial charge in [-0.15, -0.1) is 0 Å². The van der Waals surface area contributed by atoms with Gasteiger partial charge in [0.1, 0.15) is 18.4 Å². The molecule has 1 aliphatic heterocycles. The van der Waals surface area contributed by atoms with Crippen LogP contribution >= 0.6 is 0 Å². The van der Waals surface area contributed by atoms with Crippen molar-refractivity contribution in [2.24, 2.45) is 5.73 Å². The van der Waals surface area contributed by atoms with Crippen molar-refractivity contribution in [2.45, 2.75) is 13.0 Å². The number of nitrogens with zero attached hydrogens (tertiary/aromatic N) is 1. The number of carbonyl (C=O) groups excluding carboxylic acids is 1. The average molecular weight is 263 g/mol. The minimum Gasteiger partial charge on any atom is -0.492 e. The quantitative estimate of drug-likeness (QED) is 0.792. The van der Waals surface area contributed by atoms with Crippen molar-refractivity contribution in [1.29, 1.82) is 0 Å². The number of nitrogens with two attached hydrogens (primary N) is 1. The summed E-state index contributed by atoms with van der Waals surface area (Å²) in [5.74, 6) is 0.591. The summed E-state index contributed by atoms with van der Waals surface area (Å²) in [6.07, 6.45) is 0. The molecule has 19 heavy (non-hydrogen) atoms. The lowest BCUT2D eigenvalue weighted by Crippen LogP contribution is -2.57. The lowest BCUT2D eigenvalue weighted by molar-refractivity contribution is -0.123. The van der Waals surface area contributed by atoms with Crippen molar-refractivity contribution in [2.75, 3.05) is 32.8 Å². The van der Waals surface area contributed by atoms with E-state index in [1.165, 1.54) is 5.56 Å². The van der Waals surface area contributed by atoms with Gasteiger partial charge in [0, 0.05) is 26.2 Å². The number of nitrogens with one attached hydrogen (secondary N) is 1. The highest BCUT2D eigenvalue weighted by atomic mass is 16.5. The molecule has 1 fully saturated rings. The second-order valence-electron chi connectivity index (χ2n) is 4.82. The summed E-state index contributed by atoms with van der Waals surface area (Å²) in [7, 11) is 0. The Labute approximate surface area is 113 Å². The largest absolute Gasteiger partial charge is 0.492 e. The molecule has 1 saturated heterocycles. The number of hydrogen-bond donors (Lipinski definition) is 2. The van der Waals surface area contributed by atoms with Gasteiger partial charge in [-0.05, 0) is 24.6 Å². The summed E-state index contributed by atoms with van der Waals surface area (Å²) in [4.78, 5) is 13.4. The first-order chi connectivity index (χ1) is 9.16. The summed E-state index contributed by atoms with van der Waals surface area (Å²) in [5, 5.41) is 3.18. The minimum absolute atomic E-state index is 0.227. The van der Waals surface area contributed by atoms with Crippen molar-refractivity contribution < 1.29 is 9.53 Å². The first-order valence-corrected chi connectivity index (χ1v) is 6.60. The Bertz CT molecular complexity index is 436. The fourth-order valence-corrected chi connectivity index (χ4v) is 2.28. The van der Waals surface area contributed by atoms with Gasteiger partial charge in [0.15, 0.2) is 0 Å². The highest BCUT2D eigenvalue weighted by Gasteiger charge is 2.26. The number of benzene rings is 1. The smallest absolute Gasteiger partial charge is 0.236 e. The maximum absolute atomic E-state index is 11.3. The van der Waals surface area contributed by atoms with Crippen LogP contribution in [0.4, 0.5) is 0 Å². The summed E-state index contributed by atoms with van der Waals surface area (Å²) in [5.41, 5.74) is 6.57. The SMILES string of the molecule is Cc1cccc(OCCN2CCNCC2C(N)=O)c1. The van der Waals surface area contributed by atoms with E-state index in [1.54, 1.807) is 0 Å². The summed E-state index contributed by atoms with van der Waals surface area (Å²) in [6.45, 7) is 5.64. The average Bonchev–Trinajstić information content (AvgIpc) is 2.39. The van der Waals surface area contributed by atoms with Gasteiger partial charge in [0.2, 0.25) is 5.91 Å². The third-order valence-electron chi connectivity index (χ3n) is 3.32. The van der Waals surface area contributed by atoms with E-state index >= 15 is 0 Å². The molecule has 0 spiro atoms. The molecule has 1 aliphatic rings. The Morgan fingerprint density at radius 2 is 2.42 bits per heavy atom. The molecule has 1 aromatic carbocycles. The van der Waals surface area contributed by atoms with Crippen LogP contribution in [0.1, 0.15) is 5.56 Å². The highest BCUT2D eigenvalue weighted by Crippen LogP contribution is 2.12. The highest BCUT2D eigenvalue weighted by molar-refractivity contribution is 5.80. The zero-order valence-electron chi connectivity index (χ0n) is 11.3. The van der Waals surface area contributed by atoms with Gasteiger partial charge < -0.3 is 15.8 Å². The van der Waals surface area contributed by atoms with E-state index in [9.17, 15) is 4.79 Å². The zero-order valence-corrected chi connectivity index (χ0v) is 11.3. The molecule has 0 bridgehead atoms. The molecule has 3 N–H and O–H groups in total. The van der Waals surface area contributed by atoms with Crippen molar-refractivity contribution in [3.63, 3.8) is 0 Å². The third kappa shape index (κ3) is 3.94. The van der Waals surface area contributed by atoms with Crippen LogP contribution in [0.5, 0.6) is 5.75 Å². The number of piperazine rings is 1. The van der Waals surface area contributed by atoms with E-state index in [0.29, 0.717) is 19.7 Å². The molecule has 1 heterocycles. The van der Waals surface area contributed by atoms with Crippen LogP contribution in [-0.4, -0.2) is 49.6 Å². The lowest BCUT2D eigenvalue weighted by atomic mass is 10.2. The number of rotatable bonds is 5. The molecule has 0 aliphatic carbocycles. The fourth-order valence-electron chi connectivity index (χ4n) is 2.28. The van der Waals surface area contributed by atoms with E-state index in [2.05, 4.69) is 10.2 Å². The predicted octanol–water partition coefficient (Wildman–Crippen LogP) is 0.133. The maximum Gasteiger partial charge on any atom is 0.236 e. The normalized spacial score (nSPS) is 20.2. The minimum atomic E-state index is -0.275. The van der Waals surface area contributed by atoms with Crippen molar-refractivity contribution in [3.05, 3.63) is 29.8 Å². The predicted molar refractivity (Wildman–Crippen MR) is 74.1 cm³/mol. The maximum atomic E-state index is 11.3. The molecule has 5 heteroatoms.